The van der Waals surface area contributed by atoms with E-state index in [1.807, 2.05) is 19.1 Å². The third-order valence-corrected chi connectivity index (χ3v) is 4.83. The SMILES string of the molecule is Cc1cccc(OCC(=O)C2C(=O)OC(CCCN3CCOCC3)C2=O)c1. The lowest BCUT2D eigenvalue weighted by atomic mass is 9.96. The first-order valence-electron chi connectivity index (χ1n) is 9.31. The number of carbonyl (C=O) groups excluding carboxylic acids is 3. The molecule has 0 amide bonds. The summed E-state index contributed by atoms with van der Waals surface area (Å²) >= 11 is 0. The van der Waals surface area contributed by atoms with Gasteiger partial charge in [0, 0.05) is 13.1 Å². The molecule has 7 nitrogen and oxygen atoms in total. The maximum atomic E-state index is 12.4. The van der Waals surface area contributed by atoms with Crippen molar-refractivity contribution in [1.82, 2.24) is 4.90 Å². The fourth-order valence-corrected chi connectivity index (χ4v) is 3.33. The van der Waals surface area contributed by atoms with Gasteiger partial charge in [0.25, 0.3) is 0 Å². The van der Waals surface area contributed by atoms with Crippen LogP contribution in [-0.4, -0.2) is 68.0 Å². The van der Waals surface area contributed by atoms with Gasteiger partial charge in [-0.2, -0.15) is 0 Å². The number of Topliss-reactive ketones (excluding diaryl/α,β-unsaturated/α-hetero) is 2. The summed E-state index contributed by atoms with van der Waals surface area (Å²) in [6.07, 6.45) is 0.334. The van der Waals surface area contributed by atoms with Gasteiger partial charge < -0.3 is 14.2 Å². The molecular formula is C20H25NO6. The van der Waals surface area contributed by atoms with E-state index < -0.39 is 29.6 Å². The van der Waals surface area contributed by atoms with Gasteiger partial charge in [-0.05, 0) is 44.0 Å². The Morgan fingerprint density at radius 3 is 2.78 bits per heavy atom. The van der Waals surface area contributed by atoms with Gasteiger partial charge in [0.15, 0.2) is 23.6 Å². The highest BCUT2D eigenvalue weighted by Crippen LogP contribution is 2.23. The van der Waals surface area contributed by atoms with Crippen LogP contribution in [0.3, 0.4) is 0 Å². The van der Waals surface area contributed by atoms with E-state index in [9.17, 15) is 14.4 Å². The molecule has 27 heavy (non-hydrogen) atoms. The van der Waals surface area contributed by atoms with Gasteiger partial charge in [0.2, 0.25) is 0 Å². The van der Waals surface area contributed by atoms with Crippen LogP contribution < -0.4 is 4.74 Å². The van der Waals surface area contributed by atoms with E-state index in [-0.39, 0.29) is 6.61 Å². The van der Waals surface area contributed by atoms with Crippen LogP contribution in [0.4, 0.5) is 0 Å². The Bertz CT molecular complexity index is 697. The Balaban J connectivity index is 1.46. The third-order valence-electron chi connectivity index (χ3n) is 4.83. The second-order valence-electron chi connectivity index (χ2n) is 6.93. The third kappa shape index (κ3) is 5.14. The Morgan fingerprint density at radius 1 is 1.26 bits per heavy atom. The van der Waals surface area contributed by atoms with Gasteiger partial charge in [0.05, 0.1) is 13.2 Å². The lowest BCUT2D eigenvalue weighted by Gasteiger charge is -2.26. The predicted molar refractivity (Wildman–Crippen MR) is 96.6 cm³/mol. The number of esters is 1. The predicted octanol–water partition coefficient (Wildman–Crippen LogP) is 1.17. The van der Waals surface area contributed by atoms with Crippen molar-refractivity contribution in [3.63, 3.8) is 0 Å². The van der Waals surface area contributed by atoms with Crippen molar-refractivity contribution in [2.75, 3.05) is 39.5 Å². The molecule has 0 saturated carbocycles. The average Bonchev–Trinajstić information content (AvgIpc) is 2.94. The summed E-state index contributed by atoms with van der Waals surface area (Å²) in [7, 11) is 0. The molecule has 7 heteroatoms. The molecule has 2 saturated heterocycles. The number of carbonyl (C=O) groups is 3. The Labute approximate surface area is 158 Å². The van der Waals surface area contributed by atoms with E-state index >= 15 is 0 Å². The summed E-state index contributed by atoms with van der Waals surface area (Å²) in [6, 6.07) is 7.24. The van der Waals surface area contributed by atoms with Crippen molar-refractivity contribution in [3.05, 3.63) is 29.8 Å². The highest BCUT2D eigenvalue weighted by Gasteiger charge is 2.47. The van der Waals surface area contributed by atoms with Crippen molar-refractivity contribution >= 4 is 17.5 Å². The van der Waals surface area contributed by atoms with Gasteiger partial charge in [-0.3, -0.25) is 19.3 Å². The largest absolute Gasteiger partial charge is 0.486 e. The molecule has 1 aromatic carbocycles. The second kappa shape index (κ2) is 9.10. The first-order chi connectivity index (χ1) is 13.0. The van der Waals surface area contributed by atoms with Crippen LogP contribution >= 0.6 is 0 Å². The van der Waals surface area contributed by atoms with E-state index in [0.717, 1.165) is 44.8 Å². The zero-order valence-corrected chi connectivity index (χ0v) is 15.5. The van der Waals surface area contributed by atoms with Crippen molar-refractivity contribution in [2.24, 2.45) is 5.92 Å². The van der Waals surface area contributed by atoms with Crippen LogP contribution in [0.15, 0.2) is 24.3 Å². The zero-order chi connectivity index (χ0) is 19.2. The number of nitrogens with zero attached hydrogens (tertiary/aromatic N) is 1. The van der Waals surface area contributed by atoms with Gasteiger partial charge in [-0.1, -0.05) is 12.1 Å². The smallest absolute Gasteiger partial charge is 0.325 e. The first-order valence-corrected chi connectivity index (χ1v) is 9.31. The number of morpholine rings is 1. The molecule has 2 aliphatic rings. The number of hydrogen-bond donors (Lipinski definition) is 0. The average molecular weight is 375 g/mol. The van der Waals surface area contributed by atoms with Gasteiger partial charge in [0.1, 0.15) is 12.4 Å². The standard InChI is InChI=1S/C20H25NO6/c1-14-4-2-5-15(12-14)26-13-16(22)18-19(23)17(27-20(18)24)6-3-7-21-8-10-25-11-9-21/h2,4-5,12,17-18H,3,6-11,13H2,1H3. The molecule has 2 heterocycles. The van der Waals surface area contributed by atoms with Crippen molar-refractivity contribution in [2.45, 2.75) is 25.9 Å². The number of benzene rings is 1. The zero-order valence-electron chi connectivity index (χ0n) is 15.5. The fourth-order valence-electron chi connectivity index (χ4n) is 3.33. The molecule has 1 aromatic rings. The summed E-state index contributed by atoms with van der Waals surface area (Å²) in [4.78, 5) is 39.0. The fraction of sp³-hybridized carbons (Fsp3) is 0.550. The summed E-state index contributed by atoms with van der Waals surface area (Å²) in [6.45, 7) is 5.58. The van der Waals surface area contributed by atoms with E-state index in [4.69, 9.17) is 14.2 Å². The summed E-state index contributed by atoms with van der Waals surface area (Å²) < 4.78 is 15.9. The normalized spacial score (nSPS) is 23.3. The molecule has 2 unspecified atom stereocenters. The molecule has 0 N–H and O–H groups in total. The topological polar surface area (TPSA) is 82.1 Å². The highest BCUT2D eigenvalue weighted by molar-refractivity contribution is 6.22. The highest BCUT2D eigenvalue weighted by atomic mass is 16.6. The second-order valence-corrected chi connectivity index (χ2v) is 6.93. The van der Waals surface area contributed by atoms with E-state index in [2.05, 4.69) is 4.90 Å². The molecule has 0 bridgehead atoms. The Hall–Kier alpha value is -2.25. The number of ether oxygens (including phenoxy) is 3. The Morgan fingerprint density at radius 2 is 2.04 bits per heavy atom. The minimum Gasteiger partial charge on any atom is -0.486 e. The number of ketones is 2. The van der Waals surface area contributed by atoms with Crippen LogP contribution in [0.5, 0.6) is 5.75 Å². The minimum atomic E-state index is -1.36. The number of hydrogen-bond acceptors (Lipinski definition) is 7. The van der Waals surface area contributed by atoms with E-state index in [1.54, 1.807) is 12.1 Å². The molecule has 2 atom stereocenters. The van der Waals surface area contributed by atoms with Crippen molar-refractivity contribution < 1.29 is 28.6 Å². The summed E-state index contributed by atoms with van der Waals surface area (Å²) in [5, 5.41) is 0. The monoisotopic (exact) mass is 375 g/mol. The molecule has 0 spiro atoms. The van der Waals surface area contributed by atoms with Crippen LogP contribution in [0.1, 0.15) is 18.4 Å². The Kier molecular flexibility index (Phi) is 6.58. The van der Waals surface area contributed by atoms with Crippen molar-refractivity contribution in [1.29, 1.82) is 0 Å². The number of aryl methyl sites for hydroxylation is 1. The van der Waals surface area contributed by atoms with E-state index in [0.29, 0.717) is 12.2 Å². The minimum absolute atomic E-state index is 0.324. The maximum Gasteiger partial charge on any atom is 0.325 e. The summed E-state index contributed by atoms with van der Waals surface area (Å²) in [5.74, 6) is -2.58. The molecule has 2 aliphatic heterocycles. The van der Waals surface area contributed by atoms with Crippen LogP contribution in [-0.2, 0) is 23.9 Å². The van der Waals surface area contributed by atoms with Crippen LogP contribution in [0.25, 0.3) is 0 Å². The molecular weight excluding hydrogens is 350 g/mol. The van der Waals surface area contributed by atoms with Gasteiger partial charge >= 0.3 is 5.97 Å². The molecule has 3 rings (SSSR count). The number of rotatable bonds is 8. The summed E-state index contributed by atoms with van der Waals surface area (Å²) in [5.41, 5.74) is 0.997. The van der Waals surface area contributed by atoms with Gasteiger partial charge in [-0.25, -0.2) is 0 Å². The number of cyclic esters (lactones) is 1. The van der Waals surface area contributed by atoms with Crippen LogP contribution in [0.2, 0.25) is 0 Å². The lowest BCUT2D eigenvalue weighted by molar-refractivity contribution is -0.147. The lowest BCUT2D eigenvalue weighted by Crippen LogP contribution is -2.37. The molecule has 2 fully saturated rings. The molecule has 0 aromatic heterocycles. The first kappa shape index (κ1) is 19.5. The van der Waals surface area contributed by atoms with Gasteiger partial charge in [-0.15, -0.1) is 0 Å². The maximum absolute atomic E-state index is 12.4. The van der Waals surface area contributed by atoms with Crippen LogP contribution in [0, 0.1) is 12.8 Å². The van der Waals surface area contributed by atoms with E-state index in [1.165, 1.54) is 0 Å². The molecule has 0 aliphatic carbocycles. The molecule has 0 radical (unpaired) electrons. The van der Waals surface area contributed by atoms with Crippen molar-refractivity contribution in [3.8, 4) is 5.75 Å². The quantitative estimate of drug-likeness (QED) is 0.498. The molecule has 146 valence electrons.